The highest BCUT2D eigenvalue weighted by molar-refractivity contribution is 5.71. The Morgan fingerprint density at radius 3 is 2.74 bits per heavy atom. The van der Waals surface area contributed by atoms with E-state index in [1.165, 1.54) is 17.5 Å². The number of hydrogen-bond acceptors (Lipinski definition) is 3. The van der Waals surface area contributed by atoms with E-state index in [9.17, 15) is 4.79 Å². The zero-order valence-corrected chi connectivity index (χ0v) is 11.1. The molecule has 0 saturated carbocycles. The predicted molar refractivity (Wildman–Crippen MR) is 71.5 cm³/mol. The SMILES string of the molecule is COc1cc2c(cc1C1CC(C(=O)O)CN1)CCC2. The largest absolute Gasteiger partial charge is 0.496 e. The van der Waals surface area contributed by atoms with Gasteiger partial charge in [0.05, 0.1) is 13.0 Å². The lowest BCUT2D eigenvalue weighted by Crippen LogP contribution is -2.17. The minimum absolute atomic E-state index is 0.0990. The van der Waals surface area contributed by atoms with Gasteiger partial charge in [0, 0.05) is 18.2 Å². The van der Waals surface area contributed by atoms with Gasteiger partial charge in [0.15, 0.2) is 0 Å². The van der Waals surface area contributed by atoms with E-state index in [2.05, 4.69) is 17.4 Å². The minimum atomic E-state index is -0.713. The Labute approximate surface area is 112 Å². The van der Waals surface area contributed by atoms with Crippen LogP contribution in [-0.4, -0.2) is 24.7 Å². The van der Waals surface area contributed by atoms with Gasteiger partial charge < -0.3 is 15.2 Å². The smallest absolute Gasteiger partial charge is 0.307 e. The lowest BCUT2D eigenvalue weighted by Gasteiger charge is -2.17. The van der Waals surface area contributed by atoms with Crippen molar-refractivity contribution in [3.63, 3.8) is 0 Å². The van der Waals surface area contributed by atoms with Crippen molar-refractivity contribution < 1.29 is 14.6 Å². The number of carbonyl (C=O) groups is 1. The van der Waals surface area contributed by atoms with Gasteiger partial charge in [-0.05, 0) is 42.9 Å². The van der Waals surface area contributed by atoms with Crippen molar-refractivity contribution in [1.82, 2.24) is 5.32 Å². The van der Waals surface area contributed by atoms with Crippen molar-refractivity contribution in [1.29, 1.82) is 0 Å². The van der Waals surface area contributed by atoms with Gasteiger partial charge in [0.2, 0.25) is 0 Å². The highest BCUT2D eigenvalue weighted by Crippen LogP contribution is 2.37. The Kier molecular flexibility index (Phi) is 3.19. The summed E-state index contributed by atoms with van der Waals surface area (Å²) < 4.78 is 5.49. The summed E-state index contributed by atoms with van der Waals surface area (Å²) in [6.07, 6.45) is 4.10. The highest BCUT2D eigenvalue weighted by Gasteiger charge is 2.32. The lowest BCUT2D eigenvalue weighted by molar-refractivity contribution is -0.141. The maximum Gasteiger partial charge on any atom is 0.307 e. The fourth-order valence-electron chi connectivity index (χ4n) is 3.23. The van der Waals surface area contributed by atoms with Crippen LogP contribution >= 0.6 is 0 Å². The molecule has 4 heteroatoms. The number of aryl methyl sites for hydroxylation is 2. The molecular formula is C15H19NO3. The Hall–Kier alpha value is -1.55. The molecule has 0 bridgehead atoms. The third kappa shape index (κ3) is 2.21. The van der Waals surface area contributed by atoms with E-state index in [-0.39, 0.29) is 12.0 Å². The molecule has 1 saturated heterocycles. The monoisotopic (exact) mass is 261 g/mol. The molecule has 4 nitrogen and oxygen atoms in total. The van der Waals surface area contributed by atoms with E-state index in [0.717, 1.165) is 24.2 Å². The maximum atomic E-state index is 11.0. The van der Waals surface area contributed by atoms with Crippen molar-refractivity contribution in [2.75, 3.05) is 13.7 Å². The van der Waals surface area contributed by atoms with Crippen LogP contribution in [0.25, 0.3) is 0 Å². The van der Waals surface area contributed by atoms with Crippen LogP contribution in [0.1, 0.15) is 35.6 Å². The molecule has 0 aromatic heterocycles. The molecule has 1 aliphatic heterocycles. The first-order chi connectivity index (χ1) is 9.19. The molecule has 0 radical (unpaired) electrons. The van der Waals surface area contributed by atoms with Crippen LogP contribution < -0.4 is 10.1 Å². The van der Waals surface area contributed by atoms with E-state index in [1.54, 1.807) is 7.11 Å². The molecular weight excluding hydrogens is 242 g/mol. The molecule has 2 aliphatic rings. The second-order valence-corrected chi connectivity index (χ2v) is 5.45. The average Bonchev–Trinajstić information content (AvgIpc) is 3.05. The van der Waals surface area contributed by atoms with Crippen LogP contribution in [0.4, 0.5) is 0 Å². The van der Waals surface area contributed by atoms with E-state index >= 15 is 0 Å². The number of ether oxygens (including phenoxy) is 1. The van der Waals surface area contributed by atoms with Gasteiger partial charge in [-0.25, -0.2) is 0 Å². The number of carboxylic acids is 1. The van der Waals surface area contributed by atoms with Crippen LogP contribution in [0.15, 0.2) is 12.1 Å². The lowest BCUT2D eigenvalue weighted by atomic mass is 9.96. The topological polar surface area (TPSA) is 58.6 Å². The number of aliphatic carboxylic acids is 1. The zero-order chi connectivity index (χ0) is 13.4. The molecule has 1 aromatic rings. The number of benzene rings is 1. The highest BCUT2D eigenvalue weighted by atomic mass is 16.5. The molecule has 1 aromatic carbocycles. The van der Waals surface area contributed by atoms with E-state index < -0.39 is 5.97 Å². The summed E-state index contributed by atoms with van der Waals surface area (Å²) in [4.78, 5) is 11.0. The van der Waals surface area contributed by atoms with Crippen LogP contribution in [0.5, 0.6) is 5.75 Å². The molecule has 102 valence electrons. The first-order valence-corrected chi connectivity index (χ1v) is 6.85. The molecule has 2 unspecified atom stereocenters. The molecule has 2 N–H and O–H groups in total. The third-order valence-electron chi connectivity index (χ3n) is 4.30. The third-order valence-corrected chi connectivity index (χ3v) is 4.30. The number of hydrogen-bond donors (Lipinski definition) is 2. The molecule has 2 atom stereocenters. The first-order valence-electron chi connectivity index (χ1n) is 6.85. The molecule has 0 spiro atoms. The van der Waals surface area contributed by atoms with E-state index in [0.29, 0.717) is 13.0 Å². The van der Waals surface area contributed by atoms with Crippen molar-refractivity contribution in [3.8, 4) is 5.75 Å². The summed E-state index contributed by atoms with van der Waals surface area (Å²) in [5.41, 5.74) is 3.90. The summed E-state index contributed by atoms with van der Waals surface area (Å²) in [6.45, 7) is 0.542. The number of rotatable bonds is 3. The van der Waals surface area contributed by atoms with Gasteiger partial charge in [-0.2, -0.15) is 0 Å². The molecule has 0 amide bonds. The van der Waals surface area contributed by atoms with Crippen molar-refractivity contribution in [2.45, 2.75) is 31.7 Å². The first kappa shape index (κ1) is 12.5. The quantitative estimate of drug-likeness (QED) is 0.872. The second kappa shape index (κ2) is 4.85. The van der Waals surface area contributed by atoms with Gasteiger partial charge in [0.1, 0.15) is 5.75 Å². The summed E-state index contributed by atoms with van der Waals surface area (Å²) in [6, 6.07) is 4.44. The molecule has 1 fully saturated rings. The van der Waals surface area contributed by atoms with Gasteiger partial charge in [0.25, 0.3) is 0 Å². The Morgan fingerprint density at radius 2 is 2.11 bits per heavy atom. The number of fused-ring (bicyclic) bond motifs is 1. The van der Waals surface area contributed by atoms with Crippen molar-refractivity contribution in [3.05, 3.63) is 28.8 Å². The summed E-state index contributed by atoms with van der Waals surface area (Å²) >= 11 is 0. The number of carboxylic acid groups (broad SMARTS) is 1. The van der Waals surface area contributed by atoms with Gasteiger partial charge in [-0.15, -0.1) is 0 Å². The normalized spacial score (nSPS) is 25.3. The van der Waals surface area contributed by atoms with Crippen molar-refractivity contribution >= 4 is 5.97 Å². The zero-order valence-electron chi connectivity index (χ0n) is 11.1. The standard InChI is InChI=1S/C15H19NO3/c1-19-14-7-10-4-2-3-9(10)5-12(14)13-6-11(8-16-13)15(17)18/h5,7,11,13,16H,2-4,6,8H2,1H3,(H,17,18). The Bertz CT molecular complexity index is 512. The summed E-state index contributed by atoms with van der Waals surface area (Å²) in [7, 11) is 1.68. The van der Waals surface area contributed by atoms with E-state index in [1.807, 2.05) is 0 Å². The van der Waals surface area contributed by atoms with Gasteiger partial charge in [-0.1, -0.05) is 6.07 Å². The molecule has 1 aliphatic carbocycles. The summed E-state index contributed by atoms with van der Waals surface area (Å²) in [5, 5.41) is 12.4. The van der Waals surface area contributed by atoms with Crippen molar-refractivity contribution in [2.24, 2.45) is 5.92 Å². The fourth-order valence-corrected chi connectivity index (χ4v) is 3.23. The molecule has 1 heterocycles. The number of methoxy groups -OCH3 is 1. The van der Waals surface area contributed by atoms with Gasteiger partial charge in [-0.3, -0.25) is 4.79 Å². The molecule has 3 rings (SSSR count). The second-order valence-electron chi connectivity index (χ2n) is 5.45. The van der Waals surface area contributed by atoms with E-state index in [4.69, 9.17) is 9.84 Å². The molecule has 19 heavy (non-hydrogen) atoms. The van der Waals surface area contributed by atoms with Crippen LogP contribution in [0.3, 0.4) is 0 Å². The predicted octanol–water partition coefficient (Wildman–Crippen LogP) is 1.92. The number of nitrogens with one attached hydrogen (secondary N) is 1. The summed E-state index contributed by atoms with van der Waals surface area (Å²) in [5.74, 6) is -0.109. The van der Waals surface area contributed by atoms with Crippen LogP contribution in [0, 0.1) is 5.92 Å². The Balaban J connectivity index is 1.90. The fraction of sp³-hybridized carbons (Fsp3) is 0.533. The average molecular weight is 261 g/mol. The maximum absolute atomic E-state index is 11.0. The van der Waals surface area contributed by atoms with Gasteiger partial charge >= 0.3 is 5.97 Å². The van der Waals surface area contributed by atoms with Crippen LogP contribution in [0.2, 0.25) is 0 Å². The Morgan fingerprint density at radius 1 is 1.37 bits per heavy atom. The minimum Gasteiger partial charge on any atom is -0.496 e. The van der Waals surface area contributed by atoms with Crippen LogP contribution in [-0.2, 0) is 17.6 Å².